The molecular weight excluding hydrogens is 410 g/mol. The number of carbonyl (C=O) groups is 1. The number of nitrogen functional groups attached to an aromatic ring is 1. The van der Waals surface area contributed by atoms with Crippen LogP contribution in [0, 0.1) is 5.82 Å². The Balaban J connectivity index is 0.000000396. The summed E-state index contributed by atoms with van der Waals surface area (Å²) in [6, 6.07) is 8.18. The first kappa shape index (κ1) is 22.6. The Kier molecular flexibility index (Phi) is 6.93. The molecule has 0 amide bonds. The number of carboxylic acid groups (broad SMARTS) is 1. The minimum absolute atomic E-state index is 0.102. The summed E-state index contributed by atoms with van der Waals surface area (Å²) in [6.07, 6.45) is -5.08. The summed E-state index contributed by atoms with van der Waals surface area (Å²) < 4.78 is 51.5. The molecule has 0 spiro atoms. The molecule has 0 saturated heterocycles. The van der Waals surface area contributed by atoms with Gasteiger partial charge in [0.2, 0.25) is 5.95 Å². The van der Waals surface area contributed by atoms with E-state index in [1.54, 1.807) is 31.3 Å². The Hall–Kier alpha value is -3.70. The van der Waals surface area contributed by atoms with E-state index < -0.39 is 18.0 Å². The summed E-state index contributed by atoms with van der Waals surface area (Å²) >= 11 is 0. The Morgan fingerprint density at radius 1 is 1.20 bits per heavy atom. The first-order valence-electron chi connectivity index (χ1n) is 8.42. The maximum atomic E-state index is 14.3. The van der Waals surface area contributed by atoms with Crippen molar-refractivity contribution in [1.82, 2.24) is 15.0 Å². The number of rotatable bonds is 4. The van der Waals surface area contributed by atoms with Crippen molar-refractivity contribution in [1.29, 1.82) is 0 Å². The molecule has 0 radical (unpaired) electrons. The van der Waals surface area contributed by atoms with Gasteiger partial charge in [0.1, 0.15) is 17.4 Å². The summed E-state index contributed by atoms with van der Waals surface area (Å²) in [5, 5.41) is 10.8. The maximum absolute atomic E-state index is 14.3. The van der Waals surface area contributed by atoms with Gasteiger partial charge in [0.15, 0.2) is 5.65 Å². The van der Waals surface area contributed by atoms with Crippen LogP contribution >= 0.6 is 0 Å². The maximum Gasteiger partial charge on any atom is 0.490 e. The number of aliphatic carboxylic acids is 1. The third-order valence-corrected chi connectivity index (χ3v) is 3.59. The second-order valence-electron chi connectivity index (χ2n) is 5.60. The van der Waals surface area contributed by atoms with Crippen LogP contribution in [0.5, 0.6) is 5.75 Å². The number of halogens is 4. The molecule has 2 aromatic heterocycles. The van der Waals surface area contributed by atoms with Crippen molar-refractivity contribution in [3.63, 3.8) is 0 Å². The molecule has 8 nitrogen and oxygen atoms in total. The van der Waals surface area contributed by atoms with E-state index in [1.165, 1.54) is 6.07 Å². The van der Waals surface area contributed by atoms with E-state index in [-0.39, 0.29) is 5.95 Å². The standard InChI is InChI=1S/C16H16FN5O.C2HF3O2/c1-3-23-12-6-4-5-10(17)13(12)11-8-7-9-14(19-2)21-16(18)22-15(9)20-11;3-2(4,5)1(6)7/h4-8H,3H2,1-2H3,(H3,18,19,20,21,22);(H,6,7). The molecule has 0 bridgehead atoms. The molecular formula is C18H17F4N5O3. The highest BCUT2D eigenvalue weighted by atomic mass is 19.4. The first-order chi connectivity index (χ1) is 14.1. The lowest BCUT2D eigenvalue weighted by atomic mass is 10.1. The lowest BCUT2D eigenvalue weighted by Gasteiger charge is -2.12. The molecule has 160 valence electrons. The molecule has 4 N–H and O–H groups in total. The monoisotopic (exact) mass is 427 g/mol. The second kappa shape index (κ2) is 9.20. The number of carboxylic acids is 1. The number of nitrogens with one attached hydrogen (secondary N) is 1. The van der Waals surface area contributed by atoms with E-state index in [9.17, 15) is 17.6 Å². The van der Waals surface area contributed by atoms with Crippen LogP contribution in [0.4, 0.5) is 29.3 Å². The van der Waals surface area contributed by atoms with E-state index in [1.807, 2.05) is 6.92 Å². The molecule has 0 saturated carbocycles. The predicted molar refractivity (Wildman–Crippen MR) is 102 cm³/mol. The third kappa shape index (κ3) is 5.21. The highest BCUT2D eigenvalue weighted by Crippen LogP contribution is 2.33. The topological polar surface area (TPSA) is 123 Å². The van der Waals surface area contributed by atoms with Crippen LogP contribution in [-0.4, -0.2) is 45.9 Å². The first-order valence-corrected chi connectivity index (χ1v) is 8.42. The average molecular weight is 427 g/mol. The number of ether oxygens (including phenoxy) is 1. The van der Waals surface area contributed by atoms with Crippen LogP contribution in [0.3, 0.4) is 0 Å². The molecule has 0 aliphatic carbocycles. The van der Waals surface area contributed by atoms with Gasteiger partial charge in [-0.15, -0.1) is 0 Å². The van der Waals surface area contributed by atoms with Gasteiger partial charge >= 0.3 is 12.1 Å². The van der Waals surface area contributed by atoms with Crippen molar-refractivity contribution in [3.8, 4) is 17.0 Å². The fourth-order valence-corrected chi connectivity index (χ4v) is 2.39. The largest absolute Gasteiger partial charge is 0.493 e. The predicted octanol–water partition coefficient (Wildman–Crippen LogP) is 3.49. The molecule has 30 heavy (non-hydrogen) atoms. The molecule has 0 atom stereocenters. The fraction of sp³-hybridized carbons (Fsp3) is 0.222. The summed E-state index contributed by atoms with van der Waals surface area (Å²) in [4.78, 5) is 21.6. The Bertz CT molecular complexity index is 1060. The number of aromatic nitrogens is 3. The highest BCUT2D eigenvalue weighted by molar-refractivity contribution is 5.89. The molecule has 12 heteroatoms. The smallest absolute Gasteiger partial charge is 0.490 e. The van der Waals surface area contributed by atoms with Crippen molar-refractivity contribution in [2.24, 2.45) is 0 Å². The molecule has 0 unspecified atom stereocenters. The third-order valence-electron chi connectivity index (χ3n) is 3.59. The number of nitrogens with zero attached hydrogens (tertiary/aromatic N) is 3. The van der Waals surface area contributed by atoms with Gasteiger partial charge in [-0.3, -0.25) is 0 Å². The van der Waals surface area contributed by atoms with E-state index >= 15 is 0 Å². The van der Waals surface area contributed by atoms with E-state index in [0.29, 0.717) is 40.5 Å². The van der Waals surface area contributed by atoms with Gasteiger partial charge in [-0.05, 0) is 31.2 Å². The second-order valence-corrected chi connectivity index (χ2v) is 5.60. The molecule has 2 heterocycles. The van der Waals surface area contributed by atoms with E-state index in [0.717, 1.165) is 0 Å². The van der Waals surface area contributed by atoms with Crippen molar-refractivity contribution in [2.75, 3.05) is 24.7 Å². The Morgan fingerprint density at radius 2 is 1.87 bits per heavy atom. The van der Waals surface area contributed by atoms with Crippen LogP contribution in [0.15, 0.2) is 30.3 Å². The number of nitrogens with two attached hydrogens (primary N) is 1. The number of anilines is 2. The van der Waals surface area contributed by atoms with Crippen LogP contribution in [0.25, 0.3) is 22.3 Å². The minimum atomic E-state index is -5.08. The van der Waals surface area contributed by atoms with Gasteiger partial charge in [0, 0.05) is 7.05 Å². The Labute approximate surface area is 167 Å². The highest BCUT2D eigenvalue weighted by Gasteiger charge is 2.38. The van der Waals surface area contributed by atoms with Gasteiger partial charge in [-0.25, -0.2) is 14.2 Å². The number of alkyl halides is 3. The number of hydrogen-bond acceptors (Lipinski definition) is 7. The van der Waals surface area contributed by atoms with Crippen LogP contribution in [-0.2, 0) is 4.79 Å². The number of fused-ring (bicyclic) bond motifs is 1. The molecule has 0 aliphatic rings. The fourth-order valence-electron chi connectivity index (χ4n) is 2.39. The normalized spacial score (nSPS) is 10.9. The zero-order valence-electron chi connectivity index (χ0n) is 15.8. The van der Waals surface area contributed by atoms with Gasteiger partial charge in [-0.1, -0.05) is 6.07 Å². The van der Waals surface area contributed by atoms with Gasteiger partial charge in [0.25, 0.3) is 0 Å². The van der Waals surface area contributed by atoms with Gasteiger partial charge < -0.3 is 20.9 Å². The molecule has 3 aromatic rings. The number of pyridine rings is 1. The van der Waals surface area contributed by atoms with Gasteiger partial charge in [-0.2, -0.15) is 23.1 Å². The van der Waals surface area contributed by atoms with Crippen LogP contribution in [0.1, 0.15) is 6.92 Å². The minimum Gasteiger partial charge on any atom is -0.493 e. The quantitative estimate of drug-likeness (QED) is 0.541. The Morgan fingerprint density at radius 3 is 2.43 bits per heavy atom. The lowest BCUT2D eigenvalue weighted by Crippen LogP contribution is -2.21. The van der Waals surface area contributed by atoms with Crippen LogP contribution in [0.2, 0.25) is 0 Å². The number of hydrogen-bond donors (Lipinski definition) is 3. The van der Waals surface area contributed by atoms with E-state index in [4.69, 9.17) is 20.4 Å². The van der Waals surface area contributed by atoms with Crippen LogP contribution < -0.4 is 15.8 Å². The van der Waals surface area contributed by atoms with Crippen molar-refractivity contribution in [3.05, 3.63) is 36.1 Å². The number of benzene rings is 1. The van der Waals surface area contributed by atoms with Gasteiger partial charge in [0.05, 0.1) is 23.3 Å². The summed E-state index contributed by atoms with van der Waals surface area (Å²) in [5.41, 5.74) is 6.82. The van der Waals surface area contributed by atoms with Crippen molar-refractivity contribution in [2.45, 2.75) is 13.1 Å². The molecule has 1 aromatic carbocycles. The zero-order valence-corrected chi connectivity index (χ0v) is 15.8. The summed E-state index contributed by atoms with van der Waals surface area (Å²) in [7, 11) is 1.74. The summed E-state index contributed by atoms with van der Waals surface area (Å²) in [5.74, 6) is -2.04. The zero-order chi connectivity index (χ0) is 22.5. The van der Waals surface area contributed by atoms with Crippen molar-refractivity contribution < 1.29 is 32.2 Å². The van der Waals surface area contributed by atoms with E-state index in [2.05, 4.69) is 20.3 Å². The molecule has 0 fully saturated rings. The lowest BCUT2D eigenvalue weighted by molar-refractivity contribution is -0.192. The summed E-state index contributed by atoms with van der Waals surface area (Å²) in [6.45, 7) is 2.28. The molecule has 3 rings (SSSR count). The van der Waals surface area contributed by atoms with Crippen molar-refractivity contribution >= 4 is 28.8 Å². The molecule has 0 aliphatic heterocycles. The SMILES string of the molecule is CCOc1cccc(F)c1-c1ccc2c(NC)nc(N)nc2n1.O=C(O)C(F)(F)F. The average Bonchev–Trinajstić information content (AvgIpc) is 2.67.